The van der Waals surface area contributed by atoms with E-state index in [2.05, 4.69) is 22.2 Å². The number of nitriles is 1. The number of carbonyl (C=O) groups is 2. The van der Waals surface area contributed by atoms with E-state index in [-0.39, 0.29) is 24.6 Å². The Morgan fingerprint density at radius 1 is 0.857 bits per heavy atom. The van der Waals surface area contributed by atoms with Crippen LogP contribution >= 0.6 is 0 Å². The van der Waals surface area contributed by atoms with Crippen molar-refractivity contribution in [3.05, 3.63) is 124 Å². The molecule has 2 N–H and O–H groups in total. The molecule has 0 spiro atoms. The topological polar surface area (TPSA) is 99.4 Å². The van der Waals surface area contributed by atoms with Gasteiger partial charge in [-0.3, -0.25) is 9.59 Å². The molecule has 42 heavy (non-hydrogen) atoms. The van der Waals surface area contributed by atoms with E-state index in [4.69, 9.17) is 5.11 Å². The standard InChI is InChI=1S/C33H27F3N2O4/c34-33(35,36)42-29-13-7-23(8-14-29)18-24-9-15-30(27-3-1-2-25(20-27)21-37)28(19-24)12-6-22-4-10-26(11-5-22)32(41)38-17-16-31(39)40/h1-5,7-11,13-15,19-20H,6,12,16-18H2,(H,38,41)(H,39,40). The lowest BCUT2D eigenvalue weighted by atomic mass is 9.91. The number of amides is 1. The molecule has 0 radical (unpaired) electrons. The van der Waals surface area contributed by atoms with Gasteiger partial charge in [-0.2, -0.15) is 5.26 Å². The minimum atomic E-state index is -4.75. The molecule has 0 heterocycles. The van der Waals surface area contributed by atoms with Crippen LogP contribution in [0.4, 0.5) is 13.2 Å². The highest BCUT2D eigenvalue weighted by Gasteiger charge is 2.30. The van der Waals surface area contributed by atoms with Crippen molar-refractivity contribution in [2.75, 3.05) is 6.54 Å². The molecule has 0 fully saturated rings. The predicted molar refractivity (Wildman–Crippen MR) is 151 cm³/mol. The Balaban J connectivity index is 1.52. The molecule has 214 valence electrons. The highest BCUT2D eigenvalue weighted by atomic mass is 19.4. The van der Waals surface area contributed by atoms with Crippen LogP contribution in [-0.2, 0) is 24.1 Å². The summed E-state index contributed by atoms with van der Waals surface area (Å²) in [5.41, 5.74) is 6.69. The molecular formula is C33H27F3N2O4. The second-order valence-corrected chi connectivity index (χ2v) is 9.65. The molecule has 0 atom stereocenters. The van der Waals surface area contributed by atoms with Gasteiger partial charge in [0.1, 0.15) is 5.75 Å². The van der Waals surface area contributed by atoms with Gasteiger partial charge in [0, 0.05) is 12.1 Å². The molecule has 9 heteroatoms. The summed E-state index contributed by atoms with van der Waals surface area (Å²) in [6.45, 7) is 0.0491. The lowest BCUT2D eigenvalue weighted by molar-refractivity contribution is -0.274. The molecule has 4 rings (SSSR count). The molecule has 0 saturated heterocycles. The van der Waals surface area contributed by atoms with Crippen LogP contribution < -0.4 is 10.1 Å². The maximum Gasteiger partial charge on any atom is 0.573 e. The van der Waals surface area contributed by atoms with Crippen molar-refractivity contribution >= 4 is 11.9 Å². The number of benzene rings is 4. The van der Waals surface area contributed by atoms with Crippen molar-refractivity contribution in [2.24, 2.45) is 0 Å². The average molecular weight is 573 g/mol. The summed E-state index contributed by atoms with van der Waals surface area (Å²) in [5, 5.41) is 20.7. The van der Waals surface area contributed by atoms with E-state index in [1.807, 2.05) is 42.5 Å². The Morgan fingerprint density at radius 2 is 1.55 bits per heavy atom. The first kappa shape index (κ1) is 29.9. The maximum atomic E-state index is 12.5. The number of carboxylic acid groups (broad SMARTS) is 1. The van der Waals surface area contributed by atoms with E-state index in [1.165, 1.54) is 12.1 Å². The van der Waals surface area contributed by atoms with Crippen LogP contribution in [0.3, 0.4) is 0 Å². The van der Waals surface area contributed by atoms with E-state index < -0.39 is 12.3 Å². The number of hydrogen-bond acceptors (Lipinski definition) is 4. The monoisotopic (exact) mass is 572 g/mol. The highest BCUT2D eigenvalue weighted by molar-refractivity contribution is 5.94. The number of carbonyl (C=O) groups excluding carboxylic acids is 1. The Bertz CT molecular complexity index is 1590. The smallest absolute Gasteiger partial charge is 0.481 e. The first-order valence-corrected chi connectivity index (χ1v) is 13.2. The lowest BCUT2D eigenvalue weighted by Gasteiger charge is -2.14. The Kier molecular flexibility index (Phi) is 9.61. The third kappa shape index (κ3) is 8.70. The van der Waals surface area contributed by atoms with Crippen LogP contribution in [0.15, 0.2) is 91.0 Å². The number of nitrogens with zero attached hydrogens (tertiary/aromatic N) is 1. The fourth-order valence-corrected chi connectivity index (χ4v) is 4.53. The van der Waals surface area contributed by atoms with Gasteiger partial charge in [-0.15, -0.1) is 13.2 Å². The van der Waals surface area contributed by atoms with Crippen molar-refractivity contribution in [1.82, 2.24) is 5.32 Å². The van der Waals surface area contributed by atoms with Crippen molar-refractivity contribution in [2.45, 2.75) is 32.0 Å². The molecule has 4 aromatic rings. The number of nitrogens with one attached hydrogen (secondary N) is 1. The minimum absolute atomic E-state index is 0.0491. The summed E-state index contributed by atoms with van der Waals surface area (Å²) in [5.74, 6) is -1.60. The second kappa shape index (κ2) is 13.5. The van der Waals surface area contributed by atoms with Crippen LogP contribution in [0, 0.1) is 11.3 Å². The summed E-state index contributed by atoms with van der Waals surface area (Å²) in [6.07, 6.45) is -3.07. The maximum absolute atomic E-state index is 12.5. The van der Waals surface area contributed by atoms with Crippen molar-refractivity contribution in [3.8, 4) is 22.9 Å². The molecule has 6 nitrogen and oxygen atoms in total. The molecule has 0 aliphatic rings. The van der Waals surface area contributed by atoms with E-state index in [1.54, 1.807) is 30.3 Å². The van der Waals surface area contributed by atoms with Crippen molar-refractivity contribution in [3.63, 3.8) is 0 Å². The molecule has 0 aliphatic carbocycles. The summed E-state index contributed by atoms with van der Waals surface area (Å²) in [4.78, 5) is 22.9. The van der Waals surface area contributed by atoms with Gasteiger partial charge >= 0.3 is 12.3 Å². The SMILES string of the molecule is N#Cc1cccc(-c2ccc(Cc3ccc(OC(F)(F)F)cc3)cc2CCc2ccc(C(=O)NCCC(=O)O)cc2)c1. The first-order valence-electron chi connectivity index (χ1n) is 13.2. The zero-order valence-corrected chi connectivity index (χ0v) is 22.4. The molecule has 0 aromatic heterocycles. The number of aliphatic carboxylic acids is 1. The number of rotatable bonds is 11. The van der Waals surface area contributed by atoms with Gasteiger partial charge in [-0.1, -0.05) is 54.6 Å². The molecule has 0 aliphatic heterocycles. The van der Waals surface area contributed by atoms with E-state index >= 15 is 0 Å². The Labute approximate surface area is 241 Å². The summed E-state index contributed by atoms with van der Waals surface area (Å²) >= 11 is 0. The summed E-state index contributed by atoms with van der Waals surface area (Å²) < 4.78 is 41.5. The number of carboxylic acids is 1. The predicted octanol–water partition coefficient (Wildman–Crippen LogP) is 6.70. The molecule has 0 bridgehead atoms. The van der Waals surface area contributed by atoms with E-state index in [9.17, 15) is 28.0 Å². The zero-order valence-electron chi connectivity index (χ0n) is 22.4. The molecular weight excluding hydrogens is 545 g/mol. The van der Waals surface area contributed by atoms with Crippen LogP contribution in [0.5, 0.6) is 5.75 Å². The van der Waals surface area contributed by atoms with Gasteiger partial charge in [0.15, 0.2) is 0 Å². The van der Waals surface area contributed by atoms with Crippen molar-refractivity contribution in [1.29, 1.82) is 5.26 Å². The quantitative estimate of drug-likeness (QED) is 0.208. The summed E-state index contributed by atoms with van der Waals surface area (Å²) in [6, 6.07) is 28.4. The fraction of sp³-hybridized carbons (Fsp3) is 0.182. The third-order valence-electron chi connectivity index (χ3n) is 6.56. The van der Waals surface area contributed by atoms with E-state index in [0.29, 0.717) is 30.4 Å². The van der Waals surface area contributed by atoms with E-state index in [0.717, 1.165) is 33.4 Å². The molecule has 0 unspecified atom stereocenters. The number of ether oxygens (including phenoxy) is 1. The lowest BCUT2D eigenvalue weighted by Crippen LogP contribution is -2.25. The molecule has 1 amide bonds. The average Bonchev–Trinajstić information content (AvgIpc) is 2.96. The summed E-state index contributed by atoms with van der Waals surface area (Å²) in [7, 11) is 0. The number of halogens is 3. The number of alkyl halides is 3. The van der Waals surface area contributed by atoms with Crippen LogP contribution in [0.2, 0.25) is 0 Å². The third-order valence-corrected chi connectivity index (χ3v) is 6.56. The van der Waals surface area contributed by atoms with Gasteiger partial charge in [0.2, 0.25) is 0 Å². The minimum Gasteiger partial charge on any atom is -0.481 e. The van der Waals surface area contributed by atoms with Gasteiger partial charge < -0.3 is 15.2 Å². The normalized spacial score (nSPS) is 11.0. The first-order chi connectivity index (χ1) is 20.1. The van der Waals surface area contributed by atoms with Crippen LogP contribution in [0.1, 0.15) is 44.6 Å². The number of aryl methyl sites for hydroxylation is 2. The van der Waals surface area contributed by atoms with Crippen LogP contribution in [0.25, 0.3) is 11.1 Å². The number of hydrogen-bond donors (Lipinski definition) is 2. The highest BCUT2D eigenvalue weighted by Crippen LogP contribution is 2.29. The van der Waals surface area contributed by atoms with Gasteiger partial charge in [0.25, 0.3) is 5.91 Å². The van der Waals surface area contributed by atoms with Gasteiger partial charge in [0.05, 0.1) is 18.1 Å². The largest absolute Gasteiger partial charge is 0.573 e. The molecule has 4 aromatic carbocycles. The van der Waals surface area contributed by atoms with Crippen LogP contribution in [-0.4, -0.2) is 29.9 Å². The zero-order chi connectivity index (χ0) is 30.1. The van der Waals surface area contributed by atoms with Crippen molar-refractivity contribution < 1.29 is 32.6 Å². The van der Waals surface area contributed by atoms with Gasteiger partial charge in [-0.05, 0) is 89.0 Å². The Morgan fingerprint density at radius 3 is 2.21 bits per heavy atom. The fourth-order valence-electron chi connectivity index (χ4n) is 4.53. The Hall–Kier alpha value is -5.10. The second-order valence-electron chi connectivity index (χ2n) is 9.65. The molecule has 0 saturated carbocycles. The van der Waals surface area contributed by atoms with Gasteiger partial charge in [-0.25, -0.2) is 0 Å².